The first kappa shape index (κ1) is 35.5. The van der Waals surface area contributed by atoms with Crippen LogP contribution in [0.1, 0.15) is 47.9 Å². The maximum absolute atomic E-state index is 2.46. The molecule has 0 bridgehead atoms. The van der Waals surface area contributed by atoms with Gasteiger partial charge in [-0.05, 0) is 93.9 Å². The van der Waals surface area contributed by atoms with Crippen molar-refractivity contribution in [2.45, 2.75) is 25.7 Å². The molecule has 4 aromatic rings. The van der Waals surface area contributed by atoms with Gasteiger partial charge in [-0.25, -0.2) is 0 Å². The zero-order valence-electron chi connectivity index (χ0n) is 24.6. The van der Waals surface area contributed by atoms with Crippen LogP contribution >= 0.6 is 0 Å². The first-order valence-corrected chi connectivity index (χ1v) is 14.9. The molecule has 0 heterocycles. The van der Waals surface area contributed by atoms with E-state index >= 15 is 0 Å². The summed E-state index contributed by atoms with van der Waals surface area (Å²) in [5.74, 6) is 2.75. The maximum atomic E-state index is 2.46. The summed E-state index contributed by atoms with van der Waals surface area (Å²) >= 11 is 0. The Morgan fingerprint density at radius 1 is 0.295 bits per heavy atom. The Hall–Kier alpha value is -2.99. The molecule has 230 valence electrons. The molecule has 0 aliphatic heterocycles. The second kappa shape index (κ2) is 16.4. The molecule has 4 aliphatic rings. The standard InChI is InChI=1S/2C20H18.2H2O.2Rh/c2*1-3-7-15(8-4-1)17-11-13-20-18(12-14-19(17)20)16-9-5-2-6-10-16;;;;/h2*1-12,19-20H,13-14H2;2*1H2;;/p-2/t2*19-,20-;;;;/m11..../s1. The minimum absolute atomic E-state index is 0. The van der Waals surface area contributed by atoms with Gasteiger partial charge in [0.15, 0.2) is 0 Å². The van der Waals surface area contributed by atoms with E-state index in [0.29, 0.717) is 23.7 Å². The zero-order valence-corrected chi connectivity index (χ0v) is 27.8. The van der Waals surface area contributed by atoms with Gasteiger partial charge < -0.3 is 11.0 Å². The molecule has 4 heteroatoms. The van der Waals surface area contributed by atoms with Gasteiger partial charge in [0.2, 0.25) is 0 Å². The summed E-state index contributed by atoms with van der Waals surface area (Å²) < 4.78 is 0. The minimum Gasteiger partial charge on any atom is -0.870 e. The summed E-state index contributed by atoms with van der Waals surface area (Å²) in [6.07, 6.45) is 14.6. The predicted molar refractivity (Wildman–Crippen MR) is 174 cm³/mol. The molecule has 0 fully saturated rings. The summed E-state index contributed by atoms with van der Waals surface area (Å²) in [4.78, 5) is 0. The van der Waals surface area contributed by atoms with Crippen LogP contribution in [0.15, 0.2) is 146 Å². The number of hydrogen-bond donors (Lipinski definition) is 0. The molecular weight excluding hydrogens is 718 g/mol. The average molecular weight is 757 g/mol. The fraction of sp³-hybridized carbons (Fsp3) is 0.200. The number of benzene rings is 4. The van der Waals surface area contributed by atoms with Crippen LogP contribution in [-0.4, -0.2) is 11.0 Å². The van der Waals surface area contributed by atoms with E-state index in [2.05, 4.69) is 146 Å². The van der Waals surface area contributed by atoms with Gasteiger partial charge in [-0.1, -0.05) is 146 Å². The summed E-state index contributed by atoms with van der Waals surface area (Å²) in [6, 6.07) is 43.5. The second-order valence-corrected chi connectivity index (χ2v) is 11.5. The van der Waals surface area contributed by atoms with Crippen LogP contribution in [0.4, 0.5) is 0 Å². The van der Waals surface area contributed by atoms with Crippen LogP contribution < -0.4 is 0 Å². The van der Waals surface area contributed by atoms with E-state index in [1.807, 2.05) is 0 Å². The summed E-state index contributed by atoms with van der Waals surface area (Å²) in [6.45, 7) is 0. The Morgan fingerprint density at radius 2 is 0.477 bits per heavy atom. The Kier molecular flexibility index (Phi) is 13.2. The van der Waals surface area contributed by atoms with Crippen molar-refractivity contribution in [3.8, 4) is 0 Å². The quantitative estimate of drug-likeness (QED) is 0.195. The van der Waals surface area contributed by atoms with Crippen molar-refractivity contribution in [3.05, 3.63) is 168 Å². The molecule has 0 amide bonds. The van der Waals surface area contributed by atoms with Crippen LogP contribution in [-0.2, 0) is 39.0 Å². The normalized spacial score (nSPS) is 22.0. The Morgan fingerprint density at radius 3 is 0.659 bits per heavy atom. The third kappa shape index (κ3) is 7.11. The third-order valence-electron chi connectivity index (χ3n) is 9.36. The molecule has 2 radical (unpaired) electrons. The zero-order chi connectivity index (χ0) is 26.7. The first-order chi connectivity index (χ1) is 19.9. The van der Waals surface area contributed by atoms with Gasteiger partial charge in [-0.15, -0.1) is 0 Å². The van der Waals surface area contributed by atoms with Crippen LogP contribution in [0.2, 0.25) is 0 Å². The second-order valence-electron chi connectivity index (χ2n) is 11.5. The molecule has 0 aromatic heterocycles. The van der Waals surface area contributed by atoms with Crippen molar-refractivity contribution in [3.63, 3.8) is 0 Å². The average Bonchev–Trinajstić information content (AvgIpc) is 3.82. The van der Waals surface area contributed by atoms with E-state index in [-0.39, 0.29) is 49.9 Å². The largest absolute Gasteiger partial charge is 0.870 e. The topological polar surface area (TPSA) is 60.0 Å². The van der Waals surface area contributed by atoms with Crippen LogP contribution in [0, 0.1) is 23.7 Å². The first-order valence-electron chi connectivity index (χ1n) is 14.9. The van der Waals surface area contributed by atoms with Gasteiger partial charge in [-0.2, -0.15) is 0 Å². The van der Waals surface area contributed by atoms with Crippen molar-refractivity contribution in [1.82, 2.24) is 0 Å². The van der Waals surface area contributed by atoms with Crippen LogP contribution in [0.5, 0.6) is 0 Å². The maximum Gasteiger partial charge on any atom is 0 e. The fourth-order valence-electron chi connectivity index (χ4n) is 7.50. The van der Waals surface area contributed by atoms with E-state index in [9.17, 15) is 0 Å². The van der Waals surface area contributed by atoms with Gasteiger partial charge in [-0.3, -0.25) is 0 Å². The molecule has 44 heavy (non-hydrogen) atoms. The third-order valence-corrected chi connectivity index (χ3v) is 9.36. The number of allylic oxidation sites excluding steroid dienone is 8. The summed E-state index contributed by atoms with van der Waals surface area (Å²) in [7, 11) is 0. The van der Waals surface area contributed by atoms with Crippen molar-refractivity contribution in [2.24, 2.45) is 23.7 Å². The predicted octanol–water partition coefficient (Wildman–Crippen LogP) is 10.0. The van der Waals surface area contributed by atoms with E-state index in [4.69, 9.17) is 0 Å². The van der Waals surface area contributed by atoms with Gasteiger partial charge in [0.1, 0.15) is 0 Å². The molecular formula is C40H38O2Rh2-2. The van der Waals surface area contributed by atoms with Crippen LogP contribution in [0.3, 0.4) is 0 Å². The molecule has 0 spiro atoms. The molecule has 0 unspecified atom stereocenters. The number of fused-ring (bicyclic) bond motifs is 2. The molecule has 4 atom stereocenters. The van der Waals surface area contributed by atoms with Crippen LogP contribution in [0.25, 0.3) is 22.3 Å². The van der Waals surface area contributed by atoms with Crippen molar-refractivity contribution in [1.29, 1.82) is 0 Å². The fourth-order valence-corrected chi connectivity index (χ4v) is 7.50. The van der Waals surface area contributed by atoms with E-state index < -0.39 is 0 Å². The SMILES string of the molecule is C1=C(c2ccccc2)[C@H]2CC=C(c3ccccc3)[C@H]2C1.C1=C(c2ccccc2)[C@H]2CC=C(c3ccccc3)[C@H]2C1.[OH-].[OH-].[Rh].[Rh]. The van der Waals surface area contributed by atoms with Gasteiger partial charge in [0.05, 0.1) is 0 Å². The minimum atomic E-state index is 0. The molecule has 2 nitrogen and oxygen atoms in total. The Bertz CT molecular complexity index is 1350. The number of rotatable bonds is 4. The monoisotopic (exact) mass is 756 g/mol. The molecule has 4 aliphatic carbocycles. The Balaban J connectivity index is 0.000000220. The van der Waals surface area contributed by atoms with E-state index in [1.54, 1.807) is 22.3 Å². The van der Waals surface area contributed by atoms with E-state index in [1.165, 1.54) is 47.9 Å². The number of hydrogen-bond acceptors (Lipinski definition) is 2. The smallest absolute Gasteiger partial charge is 0 e. The molecule has 2 N–H and O–H groups in total. The summed E-state index contributed by atoms with van der Waals surface area (Å²) in [5, 5.41) is 0. The van der Waals surface area contributed by atoms with Gasteiger partial charge in [0, 0.05) is 39.0 Å². The molecule has 8 rings (SSSR count). The van der Waals surface area contributed by atoms with Crippen molar-refractivity contribution < 1.29 is 49.9 Å². The van der Waals surface area contributed by atoms with Crippen molar-refractivity contribution in [2.75, 3.05) is 0 Å². The van der Waals surface area contributed by atoms with Crippen molar-refractivity contribution >= 4 is 22.3 Å². The van der Waals surface area contributed by atoms with Gasteiger partial charge >= 0.3 is 0 Å². The molecule has 4 aromatic carbocycles. The van der Waals surface area contributed by atoms with Gasteiger partial charge in [0.25, 0.3) is 0 Å². The Labute approximate surface area is 287 Å². The molecule has 0 saturated carbocycles. The van der Waals surface area contributed by atoms with E-state index in [0.717, 1.165) is 0 Å². The summed E-state index contributed by atoms with van der Waals surface area (Å²) in [5.41, 5.74) is 11.8. The molecule has 0 saturated heterocycles.